The third-order valence-corrected chi connectivity index (χ3v) is 4.39. The molecule has 1 aliphatic carbocycles. The van der Waals surface area contributed by atoms with Crippen LogP contribution in [-0.2, 0) is 5.41 Å². The van der Waals surface area contributed by atoms with E-state index in [9.17, 15) is 0 Å². The molecule has 0 atom stereocenters. The molecule has 1 aromatic heterocycles. The molecule has 0 saturated heterocycles. The van der Waals surface area contributed by atoms with Crippen LogP contribution in [-0.4, -0.2) is 9.97 Å². The Morgan fingerprint density at radius 2 is 1.76 bits per heavy atom. The van der Waals surface area contributed by atoms with Crippen molar-refractivity contribution in [2.24, 2.45) is 0 Å². The normalized spacial score (nSPS) is 17.6. The van der Waals surface area contributed by atoms with Gasteiger partial charge in [-0.1, -0.05) is 33.6 Å². The highest BCUT2D eigenvalue weighted by molar-refractivity contribution is 14.1. The molecule has 0 radical (unpaired) electrons. The van der Waals surface area contributed by atoms with Crippen LogP contribution in [0.4, 0.5) is 5.82 Å². The summed E-state index contributed by atoms with van der Waals surface area (Å²) in [6.45, 7) is 6.53. The van der Waals surface area contributed by atoms with Gasteiger partial charge in [-0.25, -0.2) is 9.97 Å². The molecule has 0 aromatic carbocycles. The Kier molecular flexibility index (Phi) is 3.61. The molecule has 2 rings (SSSR count). The van der Waals surface area contributed by atoms with Crippen LogP contribution in [0.5, 0.6) is 0 Å². The van der Waals surface area contributed by atoms with E-state index in [0.717, 1.165) is 15.1 Å². The second-order valence-electron chi connectivity index (χ2n) is 5.86. The largest absolute Gasteiger partial charge is 0.383 e. The molecule has 0 spiro atoms. The van der Waals surface area contributed by atoms with Gasteiger partial charge in [0.05, 0.1) is 9.26 Å². The molecule has 2 N–H and O–H groups in total. The SMILES string of the molecule is CC(C)(C)c1nc(C2CCCC2)nc(N)c1I. The quantitative estimate of drug-likeness (QED) is 0.791. The summed E-state index contributed by atoms with van der Waals surface area (Å²) in [4.78, 5) is 9.28. The maximum absolute atomic E-state index is 6.03. The van der Waals surface area contributed by atoms with E-state index in [1.54, 1.807) is 0 Å². The van der Waals surface area contributed by atoms with Crippen molar-refractivity contribution in [2.45, 2.75) is 57.8 Å². The fraction of sp³-hybridized carbons (Fsp3) is 0.692. The van der Waals surface area contributed by atoms with E-state index in [4.69, 9.17) is 10.7 Å². The van der Waals surface area contributed by atoms with Gasteiger partial charge in [0.15, 0.2) is 0 Å². The van der Waals surface area contributed by atoms with Gasteiger partial charge in [-0.3, -0.25) is 0 Å². The van der Waals surface area contributed by atoms with E-state index in [0.29, 0.717) is 11.7 Å². The van der Waals surface area contributed by atoms with E-state index in [2.05, 4.69) is 48.3 Å². The zero-order valence-electron chi connectivity index (χ0n) is 10.8. The van der Waals surface area contributed by atoms with Gasteiger partial charge in [0.1, 0.15) is 11.6 Å². The van der Waals surface area contributed by atoms with E-state index in [1.807, 2.05) is 0 Å². The Balaban J connectivity index is 2.45. The van der Waals surface area contributed by atoms with Gasteiger partial charge >= 0.3 is 0 Å². The molecule has 0 unspecified atom stereocenters. The van der Waals surface area contributed by atoms with Crippen LogP contribution >= 0.6 is 22.6 Å². The number of halogens is 1. The van der Waals surface area contributed by atoms with Gasteiger partial charge in [-0.2, -0.15) is 0 Å². The van der Waals surface area contributed by atoms with Crippen molar-refractivity contribution in [3.63, 3.8) is 0 Å². The van der Waals surface area contributed by atoms with Crippen LogP contribution in [0.3, 0.4) is 0 Å². The Bertz CT molecular complexity index is 417. The fourth-order valence-electron chi connectivity index (χ4n) is 2.35. The number of hydrogen-bond donors (Lipinski definition) is 1. The van der Waals surface area contributed by atoms with Gasteiger partial charge in [0.25, 0.3) is 0 Å². The lowest BCUT2D eigenvalue weighted by atomic mass is 9.91. The van der Waals surface area contributed by atoms with Crippen molar-refractivity contribution in [3.05, 3.63) is 15.1 Å². The van der Waals surface area contributed by atoms with Crippen LogP contribution in [0.15, 0.2) is 0 Å². The molecular formula is C13H20IN3. The molecule has 1 saturated carbocycles. The minimum Gasteiger partial charge on any atom is -0.383 e. The summed E-state index contributed by atoms with van der Waals surface area (Å²) >= 11 is 2.26. The van der Waals surface area contributed by atoms with E-state index < -0.39 is 0 Å². The second kappa shape index (κ2) is 4.71. The van der Waals surface area contributed by atoms with Gasteiger partial charge in [0, 0.05) is 11.3 Å². The van der Waals surface area contributed by atoms with E-state index >= 15 is 0 Å². The van der Waals surface area contributed by atoms with Gasteiger partial charge < -0.3 is 5.73 Å². The minimum absolute atomic E-state index is 0.0287. The van der Waals surface area contributed by atoms with Crippen LogP contribution in [0.2, 0.25) is 0 Å². The minimum atomic E-state index is 0.0287. The highest BCUT2D eigenvalue weighted by Gasteiger charge is 2.26. The zero-order chi connectivity index (χ0) is 12.6. The number of nitrogen functional groups attached to an aromatic ring is 1. The lowest BCUT2D eigenvalue weighted by molar-refractivity contribution is 0.549. The Labute approximate surface area is 117 Å². The molecule has 94 valence electrons. The summed E-state index contributed by atoms with van der Waals surface area (Å²) in [5, 5.41) is 0. The molecular weight excluding hydrogens is 325 g/mol. The van der Waals surface area contributed by atoms with Crippen molar-refractivity contribution >= 4 is 28.4 Å². The van der Waals surface area contributed by atoms with Crippen molar-refractivity contribution in [1.82, 2.24) is 9.97 Å². The third-order valence-electron chi connectivity index (χ3n) is 3.32. The number of hydrogen-bond acceptors (Lipinski definition) is 3. The first-order valence-corrected chi connectivity index (χ1v) is 7.31. The molecule has 0 bridgehead atoms. The molecule has 1 heterocycles. The summed E-state index contributed by atoms with van der Waals surface area (Å²) < 4.78 is 1.01. The first kappa shape index (κ1) is 13.1. The standard InChI is InChI=1S/C13H20IN3/c1-13(2,3)10-9(14)11(15)17-12(16-10)8-6-4-5-7-8/h8H,4-7H2,1-3H3,(H2,15,16,17). The third kappa shape index (κ3) is 2.72. The maximum atomic E-state index is 6.03. The second-order valence-corrected chi connectivity index (χ2v) is 6.94. The molecule has 1 aromatic rings. The lowest BCUT2D eigenvalue weighted by Gasteiger charge is -2.22. The van der Waals surface area contributed by atoms with Crippen LogP contribution in [0.25, 0.3) is 0 Å². The number of nitrogens with zero attached hydrogens (tertiary/aromatic N) is 2. The van der Waals surface area contributed by atoms with Crippen molar-refractivity contribution in [1.29, 1.82) is 0 Å². The topological polar surface area (TPSA) is 51.8 Å². The molecule has 4 heteroatoms. The first-order chi connectivity index (χ1) is 7.89. The lowest BCUT2D eigenvalue weighted by Crippen LogP contribution is -2.20. The number of rotatable bonds is 1. The molecule has 3 nitrogen and oxygen atoms in total. The molecule has 1 fully saturated rings. The molecule has 0 aliphatic heterocycles. The Hall–Kier alpha value is -0.390. The highest BCUT2D eigenvalue weighted by atomic mass is 127. The number of nitrogens with two attached hydrogens (primary N) is 1. The summed E-state index contributed by atoms with van der Waals surface area (Å²) in [6, 6.07) is 0. The summed E-state index contributed by atoms with van der Waals surface area (Å²) in [5.41, 5.74) is 7.15. The average molecular weight is 345 g/mol. The van der Waals surface area contributed by atoms with E-state index in [-0.39, 0.29) is 5.41 Å². The zero-order valence-corrected chi connectivity index (χ0v) is 12.9. The molecule has 1 aliphatic rings. The fourth-order valence-corrected chi connectivity index (χ4v) is 3.40. The maximum Gasteiger partial charge on any atom is 0.140 e. The summed E-state index contributed by atoms with van der Waals surface area (Å²) in [6.07, 6.45) is 5.02. The number of aromatic nitrogens is 2. The van der Waals surface area contributed by atoms with Crippen molar-refractivity contribution in [3.8, 4) is 0 Å². The first-order valence-electron chi connectivity index (χ1n) is 6.23. The monoisotopic (exact) mass is 345 g/mol. The predicted molar refractivity (Wildman–Crippen MR) is 79.1 cm³/mol. The Morgan fingerprint density at radius 1 is 1.18 bits per heavy atom. The number of anilines is 1. The predicted octanol–water partition coefficient (Wildman–Crippen LogP) is 3.62. The molecule has 17 heavy (non-hydrogen) atoms. The van der Waals surface area contributed by atoms with Crippen molar-refractivity contribution < 1.29 is 0 Å². The average Bonchev–Trinajstić information content (AvgIpc) is 2.73. The Morgan fingerprint density at radius 3 is 2.29 bits per heavy atom. The van der Waals surface area contributed by atoms with Crippen molar-refractivity contribution in [2.75, 3.05) is 5.73 Å². The smallest absolute Gasteiger partial charge is 0.140 e. The molecule has 0 amide bonds. The van der Waals surface area contributed by atoms with Gasteiger partial charge in [-0.05, 0) is 35.4 Å². The van der Waals surface area contributed by atoms with Gasteiger partial charge in [-0.15, -0.1) is 0 Å². The van der Waals surface area contributed by atoms with Gasteiger partial charge in [0.2, 0.25) is 0 Å². The van der Waals surface area contributed by atoms with Crippen LogP contribution in [0.1, 0.15) is 63.9 Å². The summed E-state index contributed by atoms with van der Waals surface area (Å²) in [5.74, 6) is 2.13. The highest BCUT2D eigenvalue weighted by Crippen LogP contribution is 2.35. The van der Waals surface area contributed by atoms with Crippen LogP contribution < -0.4 is 5.73 Å². The summed E-state index contributed by atoms with van der Waals surface area (Å²) in [7, 11) is 0. The van der Waals surface area contributed by atoms with E-state index in [1.165, 1.54) is 25.7 Å². The van der Waals surface area contributed by atoms with Crippen LogP contribution in [0, 0.1) is 3.57 Å².